The first kappa shape index (κ1) is 23.1. The second kappa shape index (κ2) is 9.10. The Bertz CT molecular complexity index is 780. The molecule has 0 bridgehead atoms. The fourth-order valence-electron chi connectivity index (χ4n) is 3.72. The highest BCUT2D eigenvalue weighted by molar-refractivity contribution is 5.88. The van der Waals surface area contributed by atoms with E-state index in [4.69, 9.17) is 0 Å². The molecule has 2 aromatic carbocycles. The van der Waals surface area contributed by atoms with Crippen LogP contribution in [0.4, 0.5) is 0 Å². The van der Waals surface area contributed by atoms with E-state index < -0.39 is 16.7 Å². The van der Waals surface area contributed by atoms with Gasteiger partial charge in [0.25, 0.3) is 0 Å². The van der Waals surface area contributed by atoms with Crippen LogP contribution in [0, 0.1) is 0 Å². The largest absolute Gasteiger partial charge is 0.395 e. The summed E-state index contributed by atoms with van der Waals surface area (Å²) in [5.41, 5.74) is 2.67. The topological polar surface area (TPSA) is 69.6 Å². The fraction of sp³-hybridized carbons (Fsp3) is 0.480. The molecule has 2 aromatic rings. The van der Waals surface area contributed by atoms with Crippen molar-refractivity contribution in [3.8, 4) is 0 Å². The molecule has 4 nitrogen and oxygen atoms in total. The Balaban J connectivity index is 2.78. The maximum atomic E-state index is 13.5. The van der Waals surface area contributed by atoms with E-state index in [0.29, 0.717) is 0 Å². The van der Waals surface area contributed by atoms with Gasteiger partial charge in [0, 0.05) is 16.9 Å². The first-order valence-electron chi connectivity index (χ1n) is 10.3. The number of aliphatic hydroxyl groups is 2. The molecule has 0 heterocycles. The number of aliphatic hydroxyl groups excluding tert-OH is 2. The van der Waals surface area contributed by atoms with Gasteiger partial charge in [0.05, 0.1) is 19.1 Å². The summed E-state index contributed by atoms with van der Waals surface area (Å²) in [4.78, 5) is 13.5. The summed E-state index contributed by atoms with van der Waals surface area (Å²) < 4.78 is 0. The fourth-order valence-corrected chi connectivity index (χ4v) is 3.72. The van der Waals surface area contributed by atoms with Crippen molar-refractivity contribution in [1.29, 1.82) is 0 Å². The molecule has 2 rings (SSSR count). The maximum Gasteiger partial charge on any atom is 0.232 e. The lowest BCUT2D eigenvalue weighted by Crippen LogP contribution is -2.37. The molecule has 0 unspecified atom stereocenters. The lowest BCUT2D eigenvalue weighted by molar-refractivity contribution is -0.122. The zero-order valence-electron chi connectivity index (χ0n) is 18.5. The highest BCUT2D eigenvalue weighted by Gasteiger charge is 2.34. The molecule has 0 saturated carbocycles. The van der Waals surface area contributed by atoms with Crippen LogP contribution in [0.3, 0.4) is 0 Å². The number of benzene rings is 2. The molecule has 0 atom stereocenters. The van der Waals surface area contributed by atoms with Crippen molar-refractivity contribution < 1.29 is 15.0 Å². The van der Waals surface area contributed by atoms with E-state index >= 15 is 0 Å². The van der Waals surface area contributed by atoms with E-state index in [2.05, 4.69) is 5.32 Å². The zero-order valence-corrected chi connectivity index (χ0v) is 18.5. The lowest BCUT2D eigenvalue weighted by Gasteiger charge is -2.32. The van der Waals surface area contributed by atoms with Gasteiger partial charge < -0.3 is 15.5 Å². The molecular weight excluding hydrogens is 362 g/mol. The summed E-state index contributed by atoms with van der Waals surface area (Å²) in [6.07, 6.45) is 0. The van der Waals surface area contributed by atoms with E-state index in [1.807, 2.05) is 90.1 Å². The van der Waals surface area contributed by atoms with Crippen LogP contribution in [0.2, 0.25) is 0 Å². The highest BCUT2D eigenvalue weighted by atomic mass is 16.3. The van der Waals surface area contributed by atoms with Gasteiger partial charge in [0.15, 0.2) is 0 Å². The molecular formula is C25H35NO3. The van der Waals surface area contributed by atoms with Crippen molar-refractivity contribution in [3.05, 3.63) is 70.8 Å². The van der Waals surface area contributed by atoms with Crippen molar-refractivity contribution in [1.82, 2.24) is 5.32 Å². The third-order valence-electron chi connectivity index (χ3n) is 5.49. The Hall–Kier alpha value is -2.17. The number of hydrogen-bond donors (Lipinski definition) is 3. The minimum atomic E-state index is -0.540. The van der Waals surface area contributed by atoms with Crippen LogP contribution in [0.25, 0.3) is 0 Å². The molecule has 4 heteroatoms. The average molecular weight is 398 g/mol. The number of carbonyl (C=O) groups excluding carboxylic acids is 1. The molecule has 0 spiro atoms. The smallest absolute Gasteiger partial charge is 0.232 e. The minimum absolute atomic E-state index is 0.000952. The summed E-state index contributed by atoms with van der Waals surface area (Å²) in [5, 5.41) is 23.1. The molecule has 0 aliphatic rings. The van der Waals surface area contributed by atoms with Gasteiger partial charge in [-0.25, -0.2) is 0 Å². The van der Waals surface area contributed by atoms with Gasteiger partial charge in [-0.2, -0.15) is 0 Å². The monoisotopic (exact) mass is 397 g/mol. The minimum Gasteiger partial charge on any atom is -0.395 e. The first-order chi connectivity index (χ1) is 13.5. The third kappa shape index (κ3) is 5.06. The summed E-state index contributed by atoms with van der Waals surface area (Å²) in [7, 11) is 0. The van der Waals surface area contributed by atoms with Gasteiger partial charge in [-0.15, -0.1) is 0 Å². The van der Waals surface area contributed by atoms with Crippen LogP contribution >= 0.6 is 0 Å². The van der Waals surface area contributed by atoms with Crippen LogP contribution < -0.4 is 5.32 Å². The Morgan fingerprint density at radius 3 is 1.55 bits per heavy atom. The second-order valence-electron chi connectivity index (χ2n) is 9.35. The SMILES string of the molecule is CC(C)NC(=O)C(c1ccccc1C(C)(C)CO)c1ccccc1C(C)(C)CO. The standard InChI is InChI=1S/C25H35NO3/c1-17(2)26-23(29)22(18-11-7-9-13-20(18)24(3,4)15-27)19-12-8-10-14-21(19)25(5,6)16-28/h7-14,17,22,27-28H,15-16H2,1-6H3,(H,26,29). The maximum absolute atomic E-state index is 13.5. The molecule has 1 amide bonds. The molecule has 0 aliphatic carbocycles. The number of nitrogens with one attached hydrogen (secondary N) is 1. The molecule has 0 saturated heterocycles. The highest BCUT2D eigenvalue weighted by Crippen LogP contribution is 2.38. The normalized spacial score (nSPS) is 12.5. The Morgan fingerprint density at radius 1 is 0.828 bits per heavy atom. The zero-order chi connectivity index (χ0) is 21.8. The quantitative estimate of drug-likeness (QED) is 0.633. The van der Waals surface area contributed by atoms with Gasteiger partial charge in [-0.3, -0.25) is 4.79 Å². The van der Waals surface area contributed by atoms with Gasteiger partial charge in [0.2, 0.25) is 5.91 Å². The number of amides is 1. The van der Waals surface area contributed by atoms with Crippen LogP contribution in [0.5, 0.6) is 0 Å². The number of carbonyl (C=O) groups is 1. The van der Waals surface area contributed by atoms with Crippen LogP contribution in [-0.2, 0) is 15.6 Å². The molecule has 3 N–H and O–H groups in total. The Morgan fingerprint density at radius 2 is 1.21 bits per heavy atom. The number of hydrogen-bond acceptors (Lipinski definition) is 3. The second-order valence-corrected chi connectivity index (χ2v) is 9.35. The summed E-state index contributed by atoms with van der Waals surface area (Å²) in [5.74, 6) is -0.621. The summed E-state index contributed by atoms with van der Waals surface area (Å²) >= 11 is 0. The molecule has 29 heavy (non-hydrogen) atoms. The van der Waals surface area contributed by atoms with Crippen LogP contribution in [0.1, 0.15) is 69.7 Å². The summed E-state index contributed by atoms with van der Waals surface area (Å²) in [6, 6.07) is 15.7. The average Bonchev–Trinajstić information content (AvgIpc) is 2.68. The number of rotatable bonds is 8. The Labute approximate surface area is 175 Å². The van der Waals surface area contributed by atoms with Crippen molar-refractivity contribution in [2.45, 2.75) is 64.3 Å². The van der Waals surface area contributed by atoms with Crippen molar-refractivity contribution in [3.63, 3.8) is 0 Å². The lowest BCUT2D eigenvalue weighted by atomic mass is 9.73. The molecule has 0 fully saturated rings. The van der Waals surface area contributed by atoms with Gasteiger partial charge in [-0.1, -0.05) is 76.2 Å². The van der Waals surface area contributed by atoms with Crippen molar-refractivity contribution >= 4 is 5.91 Å². The van der Waals surface area contributed by atoms with E-state index in [9.17, 15) is 15.0 Å². The third-order valence-corrected chi connectivity index (χ3v) is 5.49. The van der Waals surface area contributed by atoms with Crippen LogP contribution in [-0.4, -0.2) is 35.4 Å². The van der Waals surface area contributed by atoms with Gasteiger partial charge in [0.1, 0.15) is 0 Å². The van der Waals surface area contributed by atoms with Crippen LogP contribution in [0.15, 0.2) is 48.5 Å². The molecule has 0 aliphatic heterocycles. The van der Waals surface area contributed by atoms with E-state index in [0.717, 1.165) is 22.3 Å². The van der Waals surface area contributed by atoms with E-state index in [-0.39, 0.29) is 25.2 Å². The Kier molecular flexibility index (Phi) is 7.25. The molecule has 0 radical (unpaired) electrons. The van der Waals surface area contributed by atoms with Crippen molar-refractivity contribution in [2.75, 3.05) is 13.2 Å². The summed E-state index contributed by atoms with van der Waals surface area (Å²) in [6.45, 7) is 11.8. The first-order valence-corrected chi connectivity index (χ1v) is 10.3. The van der Waals surface area contributed by atoms with Gasteiger partial charge >= 0.3 is 0 Å². The molecule has 0 aromatic heterocycles. The van der Waals surface area contributed by atoms with Gasteiger partial charge in [-0.05, 0) is 36.1 Å². The predicted octanol–water partition coefficient (Wildman–Crippen LogP) is 3.88. The van der Waals surface area contributed by atoms with E-state index in [1.165, 1.54) is 0 Å². The predicted molar refractivity (Wildman–Crippen MR) is 118 cm³/mol. The van der Waals surface area contributed by atoms with Crippen molar-refractivity contribution in [2.24, 2.45) is 0 Å². The van der Waals surface area contributed by atoms with E-state index in [1.54, 1.807) is 0 Å². The molecule has 158 valence electrons.